The van der Waals surface area contributed by atoms with E-state index in [1.54, 1.807) is 0 Å². The van der Waals surface area contributed by atoms with Crippen LogP contribution in [0.4, 0.5) is 0 Å². The summed E-state index contributed by atoms with van der Waals surface area (Å²) in [6.07, 6.45) is 1.82. The molecule has 1 amide bonds. The number of hydrogen-bond acceptors (Lipinski definition) is 3. The monoisotopic (exact) mass is 226 g/mol. The summed E-state index contributed by atoms with van der Waals surface area (Å²) in [4.78, 5) is 22.9. The van der Waals surface area contributed by atoms with Gasteiger partial charge in [-0.3, -0.25) is 4.79 Å². The van der Waals surface area contributed by atoms with E-state index in [-0.39, 0.29) is 23.7 Å². The van der Waals surface area contributed by atoms with Crippen molar-refractivity contribution in [3.8, 4) is 0 Å². The second-order valence-electron chi connectivity index (χ2n) is 4.90. The molecule has 1 aliphatic heterocycles. The number of amides is 1. The zero-order chi connectivity index (χ0) is 11.7. The molecule has 0 bridgehead atoms. The smallest absolute Gasteiger partial charge is 0.326 e. The van der Waals surface area contributed by atoms with E-state index in [0.717, 1.165) is 19.4 Å². The quantitative estimate of drug-likeness (QED) is 0.621. The lowest BCUT2D eigenvalue weighted by Crippen LogP contribution is -2.46. The third-order valence-corrected chi connectivity index (χ3v) is 3.51. The molecule has 0 aromatic rings. The van der Waals surface area contributed by atoms with E-state index in [0.29, 0.717) is 6.54 Å². The molecule has 1 saturated carbocycles. The Morgan fingerprint density at radius 2 is 2.06 bits per heavy atom. The maximum atomic E-state index is 11.9. The molecule has 2 rings (SSSR count). The minimum absolute atomic E-state index is 0.0828. The van der Waals surface area contributed by atoms with E-state index in [9.17, 15) is 9.59 Å². The predicted molar refractivity (Wildman–Crippen MR) is 57.8 cm³/mol. The van der Waals surface area contributed by atoms with Crippen LogP contribution in [0.3, 0.4) is 0 Å². The average molecular weight is 226 g/mol. The Balaban J connectivity index is 1.92. The normalized spacial score (nSPS) is 31.1. The van der Waals surface area contributed by atoms with Gasteiger partial charge in [0.15, 0.2) is 0 Å². The van der Waals surface area contributed by atoms with E-state index >= 15 is 0 Å². The fourth-order valence-electron chi connectivity index (χ4n) is 2.23. The molecule has 1 unspecified atom stereocenters. The lowest BCUT2D eigenvalue weighted by molar-refractivity contribution is -0.143. The van der Waals surface area contributed by atoms with Crippen LogP contribution >= 0.6 is 0 Å². The first kappa shape index (κ1) is 11.4. The van der Waals surface area contributed by atoms with Gasteiger partial charge in [0.05, 0.1) is 5.92 Å². The molecule has 16 heavy (non-hydrogen) atoms. The van der Waals surface area contributed by atoms with E-state index in [4.69, 9.17) is 5.11 Å². The van der Waals surface area contributed by atoms with Gasteiger partial charge in [0, 0.05) is 6.54 Å². The summed E-state index contributed by atoms with van der Waals surface area (Å²) in [5, 5.41) is 14.8. The number of aliphatic carboxylic acids is 1. The van der Waals surface area contributed by atoms with E-state index in [2.05, 4.69) is 10.6 Å². The van der Waals surface area contributed by atoms with Crippen LogP contribution in [0, 0.1) is 17.8 Å². The molecule has 0 spiro atoms. The van der Waals surface area contributed by atoms with Gasteiger partial charge in [-0.25, -0.2) is 4.79 Å². The third kappa shape index (κ3) is 2.35. The van der Waals surface area contributed by atoms with Gasteiger partial charge in [0.2, 0.25) is 5.91 Å². The molecular weight excluding hydrogens is 208 g/mol. The molecule has 2 fully saturated rings. The van der Waals surface area contributed by atoms with Crippen molar-refractivity contribution in [3.63, 3.8) is 0 Å². The summed E-state index contributed by atoms with van der Waals surface area (Å²) in [5.74, 6) is -0.674. The summed E-state index contributed by atoms with van der Waals surface area (Å²) in [6.45, 7) is 3.50. The van der Waals surface area contributed by atoms with Gasteiger partial charge in [-0.2, -0.15) is 0 Å². The van der Waals surface area contributed by atoms with Crippen LogP contribution in [0.25, 0.3) is 0 Å². The molecule has 1 heterocycles. The molecule has 3 N–H and O–H groups in total. The first-order valence-electron chi connectivity index (χ1n) is 5.83. The van der Waals surface area contributed by atoms with Gasteiger partial charge < -0.3 is 15.7 Å². The van der Waals surface area contributed by atoms with Crippen molar-refractivity contribution in [3.05, 3.63) is 0 Å². The van der Waals surface area contributed by atoms with Crippen LogP contribution < -0.4 is 10.6 Å². The first-order chi connectivity index (χ1) is 7.59. The lowest BCUT2D eigenvalue weighted by Gasteiger charge is -2.18. The maximum Gasteiger partial charge on any atom is 0.326 e. The summed E-state index contributed by atoms with van der Waals surface area (Å²) in [6, 6.07) is -0.680. The largest absolute Gasteiger partial charge is 0.480 e. The predicted octanol–water partition coefficient (Wildman–Crippen LogP) is -0.179. The average Bonchev–Trinajstić information content (AvgIpc) is 2.96. The van der Waals surface area contributed by atoms with Crippen molar-refractivity contribution < 1.29 is 14.7 Å². The van der Waals surface area contributed by atoms with Gasteiger partial charge in [0.1, 0.15) is 6.04 Å². The molecule has 0 radical (unpaired) electrons. The lowest BCUT2D eigenvalue weighted by atomic mass is 9.96. The van der Waals surface area contributed by atoms with E-state index in [1.165, 1.54) is 0 Å². The highest BCUT2D eigenvalue weighted by atomic mass is 16.4. The fraction of sp³-hybridized carbons (Fsp3) is 0.818. The molecule has 0 aromatic carbocycles. The molecule has 1 saturated heterocycles. The molecule has 90 valence electrons. The van der Waals surface area contributed by atoms with E-state index < -0.39 is 12.0 Å². The van der Waals surface area contributed by atoms with Crippen LogP contribution in [-0.4, -0.2) is 36.1 Å². The zero-order valence-corrected chi connectivity index (χ0v) is 9.40. The Labute approximate surface area is 94.6 Å². The van der Waals surface area contributed by atoms with Crippen molar-refractivity contribution in [2.75, 3.05) is 13.1 Å². The standard InChI is InChI=1S/C11H18N2O3/c1-6-4-12-5-8(6)10(14)13-9(11(15)16)7-2-3-7/h6-9,12H,2-5H2,1H3,(H,13,14)(H,15,16)/t6-,8-,9?/m1/s1. The molecule has 3 atom stereocenters. The third-order valence-electron chi connectivity index (χ3n) is 3.51. The summed E-state index contributed by atoms with van der Waals surface area (Å²) >= 11 is 0. The van der Waals surface area contributed by atoms with Crippen molar-refractivity contribution in [2.24, 2.45) is 17.8 Å². The number of carbonyl (C=O) groups excluding carboxylic acids is 1. The molecule has 5 heteroatoms. The fourth-order valence-corrected chi connectivity index (χ4v) is 2.23. The molecule has 5 nitrogen and oxygen atoms in total. The Morgan fingerprint density at radius 3 is 2.50 bits per heavy atom. The van der Waals surface area contributed by atoms with Crippen molar-refractivity contribution in [1.29, 1.82) is 0 Å². The Hall–Kier alpha value is -1.10. The Morgan fingerprint density at radius 1 is 1.38 bits per heavy atom. The number of rotatable bonds is 4. The maximum absolute atomic E-state index is 11.9. The van der Waals surface area contributed by atoms with E-state index in [1.807, 2.05) is 6.92 Å². The summed E-state index contributed by atoms with van der Waals surface area (Å²) in [7, 11) is 0. The summed E-state index contributed by atoms with van der Waals surface area (Å²) < 4.78 is 0. The summed E-state index contributed by atoms with van der Waals surface area (Å²) in [5.41, 5.74) is 0. The topological polar surface area (TPSA) is 78.4 Å². The SMILES string of the molecule is C[C@@H]1CNC[C@H]1C(=O)NC(C(=O)O)C1CC1. The molecule has 2 aliphatic rings. The van der Waals surface area contributed by atoms with Crippen LogP contribution in [0.1, 0.15) is 19.8 Å². The second-order valence-corrected chi connectivity index (χ2v) is 4.90. The Bertz CT molecular complexity index is 302. The number of carboxylic acids is 1. The zero-order valence-electron chi connectivity index (χ0n) is 9.40. The van der Waals surface area contributed by atoms with Gasteiger partial charge in [-0.05, 0) is 31.2 Å². The van der Waals surface area contributed by atoms with Crippen LogP contribution in [0.2, 0.25) is 0 Å². The number of hydrogen-bond donors (Lipinski definition) is 3. The van der Waals surface area contributed by atoms with Crippen molar-refractivity contribution in [2.45, 2.75) is 25.8 Å². The highest BCUT2D eigenvalue weighted by Gasteiger charge is 2.39. The minimum atomic E-state index is -0.908. The molecule has 0 aromatic heterocycles. The number of carboxylic acid groups (broad SMARTS) is 1. The van der Waals surface area contributed by atoms with Crippen LogP contribution in [-0.2, 0) is 9.59 Å². The molecular formula is C11H18N2O3. The van der Waals surface area contributed by atoms with Gasteiger partial charge in [-0.15, -0.1) is 0 Å². The Kier molecular flexibility index (Phi) is 3.14. The van der Waals surface area contributed by atoms with Crippen LogP contribution in [0.15, 0.2) is 0 Å². The second kappa shape index (κ2) is 4.41. The molecule has 1 aliphatic carbocycles. The van der Waals surface area contributed by atoms with Crippen molar-refractivity contribution in [1.82, 2.24) is 10.6 Å². The van der Waals surface area contributed by atoms with Gasteiger partial charge >= 0.3 is 5.97 Å². The number of carbonyl (C=O) groups is 2. The van der Waals surface area contributed by atoms with Gasteiger partial charge in [-0.1, -0.05) is 6.92 Å². The highest BCUT2D eigenvalue weighted by molar-refractivity contribution is 5.85. The van der Waals surface area contributed by atoms with Crippen LogP contribution in [0.5, 0.6) is 0 Å². The minimum Gasteiger partial charge on any atom is -0.480 e. The van der Waals surface area contributed by atoms with Crippen molar-refractivity contribution >= 4 is 11.9 Å². The van der Waals surface area contributed by atoms with Gasteiger partial charge in [0.25, 0.3) is 0 Å². The number of nitrogens with one attached hydrogen (secondary N) is 2. The first-order valence-corrected chi connectivity index (χ1v) is 5.83. The highest BCUT2D eigenvalue weighted by Crippen LogP contribution is 2.33.